The minimum atomic E-state index is -0.898. The average molecular weight is 289 g/mol. The Morgan fingerprint density at radius 3 is 2.65 bits per heavy atom. The van der Waals surface area contributed by atoms with Crippen molar-refractivity contribution in [3.63, 3.8) is 0 Å². The van der Waals surface area contributed by atoms with E-state index in [0.717, 1.165) is 5.56 Å². The van der Waals surface area contributed by atoms with Crippen molar-refractivity contribution in [2.45, 2.75) is 26.2 Å². The lowest BCUT2D eigenvalue weighted by Crippen LogP contribution is -2.27. The van der Waals surface area contributed by atoms with Crippen LogP contribution in [0.1, 0.15) is 34.6 Å². The Kier molecular flexibility index (Phi) is 4.14. The Labute approximate surface area is 123 Å². The fourth-order valence-corrected chi connectivity index (χ4v) is 2.99. The largest absolute Gasteiger partial charge is 0.478 e. The molecule has 0 saturated heterocycles. The Balaban J connectivity index is 2.21. The maximum Gasteiger partial charge on any atom is 0.337 e. The van der Waals surface area contributed by atoms with Crippen molar-refractivity contribution < 1.29 is 9.90 Å². The number of hydrogen-bond donors (Lipinski definition) is 2. The quantitative estimate of drug-likeness (QED) is 0.869. The number of thiophene rings is 1. The number of anilines is 1. The summed E-state index contributed by atoms with van der Waals surface area (Å²) in [6.07, 6.45) is 0. The fourth-order valence-electron chi connectivity index (χ4n) is 2.14. The van der Waals surface area contributed by atoms with E-state index >= 15 is 0 Å². The number of aromatic carboxylic acids is 1. The number of carbonyl (C=O) groups is 1. The smallest absolute Gasteiger partial charge is 0.337 e. The van der Waals surface area contributed by atoms with Crippen molar-refractivity contribution in [1.82, 2.24) is 0 Å². The van der Waals surface area contributed by atoms with Crippen LogP contribution < -0.4 is 5.32 Å². The molecule has 106 valence electrons. The number of carboxylic acids is 1. The summed E-state index contributed by atoms with van der Waals surface area (Å²) in [5.41, 5.74) is 1.95. The molecular formula is C16H19NO2S. The molecule has 0 aliphatic rings. The molecule has 0 spiro atoms. The van der Waals surface area contributed by atoms with Crippen LogP contribution in [0.15, 0.2) is 35.7 Å². The molecule has 1 aromatic carbocycles. The second-order valence-corrected chi connectivity index (χ2v) is 6.47. The molecule has 0 bridgehead atoms. The van der Waals surface area contributed by atoms with E-state index in [9.17, 15) is 9.90 Å². The van der Waals surface area contributed by atoms with E-state index in [1.165, 1.54) is 4.88 Å². The van der Waals surface area contributed by atoms with Gasteiger partial charge in [-0.25, -0.2) is 4.79 Å². The Bertz CT molecular complexity index is 603. The number of carboxylic acid groups (broad SMARTS) is 1. The molecule has 1 aromatic heterocycles. The van der Waals surface area contributed by atoms with E-state index in [1.54, 1.807) is 23.5 Å². The van der Waals surface area contributed by atoms with Gasteiger partial charge in [0.15, 0.2) is 0 Å². The topological polar surface area (TPSA) is 49.3 Å². The van der Waals surface area contributed by atoms with E-state index in [2.05, 4.69) is 30.6 Å². The van der Waals surface area contributed by atoms with E-state index in [1.807, 2.05) is 19.1 Å². The Morgan fingerprint density at radius 2 is 2.05 bits per heavy atom. The van der Waals surface area contributed by atoms with Crippen LogP contribution in [0.2, 0.25) is 0 Å². The number of benzene rings is 1. The number of nitrogens with one attached hydrogen (secondary N) is 1. The highest BCUT2D eigenvalue weighted by Crippen LogP contribution is 2.29. The van der Waals surface area contributed by atoms with Gasteiger partial charge < -0.3 is 10.4 Å². The molecule has 0 aliphatic carbocycles. The van der Waals surface area contributed by atoms with Crippen molar-refractivity contribution in [3.8, 4) is 0 Å². The van der Waals surface area contributed by atoms with Crippen molar-refractivity contribution in [2.24, 2.45) is 0 Å². The summed E-state index contributed by atoms with van der Waals surface area (Å²) in [6.45, 7) is 6.93. The minimum absolute atomic E-state index is 0.0355. The summed E-state index contributed by atoms with van der Waals surface area (Å²) in [5.74, 6) is -0.898. The minimum Gasteiger partial charge on any atom is -0.478 e. The number of aryl methyl sites for hydroxylation is 1. The molecule has 2 N–H and O–H groups in total. The van der Waals surface area contributed by atoms with Crippen molar-refractivity contribution in [1.29, 1.82) is 0 Å². The first-order valence-electron chi connectivity index (χ1n) is 6.52. The summed E-state index contributed by atoms with van der Waals surface area (Å²) >= 11 is 1.72. The lowest BCUT2D eigenvalue weighted by atomic mass is 9.91. The summed E-state index contributed by atoms with van der Waals surface area (Å²) in [5, 5.41) is 14.6. The highest BCUT2D eigenvalue weighted by atomic mass is 32.1. The summed E-state index contributed by atoms with van der Waals surface area (Å²) < 4.78 is 0. The van der Waals surface area contributed by atoms with Gasteiger partial charge >= 0.3 is 5.97 Å². The van der Waals surface area contributed by atoms with Gasteiger partial charge in [-0.2, -0.15) is 0 Å². The van der Waals surface area contributed by atoms with Gasteiger partial charge in [0, 0.05) is 16.8 Å². The lowest BCUT2D eigenvalue weighted by molar-refractivity contribution is 0.0698. The predicted octanol–water partition coefficient (Wildman–Crippen LogP) is 4.14. The molecule has 0 atom stereocenters. The first-order valence-corrected chi connectivity index (χ1v) is 7.40. The molecule has 0 fully saturated rings. The molecule has 20 heavy (non-hydrogen) atoms. The molecule has 2 aromatic rings. The van der Waals surface area contributed by atoms with Gasteiger partial charge in [0.25, 0.3) is 0 Å². The average Bonchev–Trinajstić information content (AvgIpc) is 2.91. The summed E-state index contributed by atoms with van der Waals surface area (Å²) in [7, 11) is 0. The molecule has 1 heterocycles. The monoisotopic (exact) mass is 289 g/mol. The van der Waals surface area contributed by atoms with E-state index < -0.39 is 5.97 Å². The Hall–Kier alpha value is -1.81. The van der Waals surface area contributed by atoms with Crippen LogP contribution in [0.4, 0.5) is 5.69 Å². The standard InChI is InChI=1S/C16H19NO2S/c1-11-6-4-7-12(15(18)19)14(11)17-10-16(2,3)13-8-5-9-20-13/h4-9,17H,10H2,1-3H3,(H,18,19). The third-order valence-electron chi connectivity index (χ3n) is 3.40. The highest BCUT2D eigenvalue weighted by molar-refractivity contribution is 7.10. The third kappa shape index (κ3) is 3.02. The maximum atomic E-state index is 11.3. The number of para-hydroxylation sites is 1. The molecule has 0 aliphatic heterocycles. The van der Waals surface area contributed by atoms with Crippen LogP contribution in [-0.4, -0.2) is 17.6 Å². The SMILES string of the molecule is Cc1cccc(C(=O)O)c1NCC(C)(C)c1cccs1. The molecule has 4 heteroatoms. The molecule has 0 saturated carbocycles. The van der Waals surface area contributed by atoms with Crippen LogP contribution >= 0.6 is 11.3 Å². The zero-order valence-corrected chi connectivity index (χ0v) is 12.8. The van der Waals surface area contributed by atoms with Crippen LogP contribution in [0, 0.1) is 6.92 Å². The van der Waals surface area contributed by atoms with Crippen molar-refractivity contribution in [3.05, 3.63) is 51.7 Å². The highest BCUT2D eigenvalue weighted by Gasteiger charge is 2.22. The van der Waals surface area contributed by atoms with Crippen LogP contribution in [0.25, 0.3) is 0 Å². The zero-order valence-electron chi connectivity index (χ0n) is 11.9. The van der Waals surface area contributed by atoms with Crippen LogP contribution in [0.3, 0.4) is 0 Å². The number of rotatable bonds is 5. The summed E-state index contributed by atoms with van der Waals surface area (Å²) in [4.78, 5) is 12.6. The van der Waals surface area contributed by atoms with E-state index in [-0.39, 0.29) is 5.41 Å². The molecule has 3 nitrogen and oxygen atoms in total. The molecule has 0 amide bonds. The number of hydrogen-bond acceptors (Lipinski definition) is 3. The zero-order chi connectivity index (χ0) is 14.8. The maximum absolute atomic E-state index is 11.3. The fraction of sp³-hybridized carbons (Fsp3) is 0.312. The van der Waals surface area contributed by atoms with Crippen LogP contribution in [-0.2, 0) is 5.41 Å². The molecule has 0 unspecified atom stereocenters. The van der Waals surface area contributed by atoms with Crippen LogP contribution in [0.5, 0.6) is 0 Å². The normalized spacial score (nSPS) is 11.3. The predicted molar refractivity (Wildman–Crippen MR) is 84.0 cm³/mol. The van der Waals surface area contributed by atoms with Gasteiger partial charge in [-0.15, -0.1) is 11.3 Å². The van der Waals surface area contributed by atoms with Crippen molar-refractivity contribution >= 4 is 23.0 Å². The first-order chi connectivity index (χ1) is 9.42. The van der Waals surface area contributed by atoms with Gasteiger partial charge in [-0.1, -0.05) is 32.0 Å². The molecule has 2 rings (SSSR count). The first kappa shape index (κ1) is 14.6. The van der Waals surface area contributed by atoms with E-state index in [4.69, 9.17) is 0 Å². The van der Waals surface area contributed by atoms with E-state index in [0.29, 0.717) is 17.8 Å². The molecular weight excluding hydrogens is 270 g/mol. The van der Waals surface area contributed by atoms with Gasteiger partial charge in [0.1, 0.15) is 0 Å². The van der Waals surface area contributed by atoms with Gasteiger partial charge in [-0.05, 0) is 30.0 Å². The van der Waals surface area contributed by atoms with Gasteiger partial charge in [-0.3, -0.25) is 0 Å². The lowest BCUT2D eigenvalue weighted by Gasteiger charge is -2.25. The third-order valence-corrected chi connectivity index (χ3v) is 4.63. The van der Waals surface area contributed by atoms with Gasteiger partial charge in [0.2, 0.25) is 0 Å². The van der Waals surface area contributed by atoms with Crippen molar-refractivity contribution in [2.75, 3.05) is 11.9 Å². The second kappa shape index (κ2) is 5.67. The van der Waals surface area contributed by atoms with Gasteiger partial charge in [0.05, 0.1) is 11.3 Å². The second-order valence-electron chi connectivity index (χ2n) is 5.52. The molecule has 0 radical (unpaired) electrons. The Morgan fingerprint density at radius 1 is 1.30 bits per heavy atom. The summed E-state index contributed by atoms with van der Waals surface area (Å²) in [6, 6.07) is 9.48.